The first-order chi connectivity index (χ1) is 9.48. The van der Waals surface area contributed by atoms with Crippen molar-refractivity contribution >= 4 is 30.9 Å². The van der Waals surface area contributed by atoms with Crippen molar-refractivity contribution in [1.82, 2.24) is 9.76 Å². The fraction of sp³-hybridized carbons (Fsp3) is 1.00. The Morgan fingerprint density at radius 1 is 1.57 bits per heavy atom. The van der Waals surface area contributed by atoms with Gasteiger partial charge in [-0.1, -0.05) is 0 Å². The second kappa shape index (κ2) is 6.31. The Morgan fingerprint density at radius 2 is 2.21 bits per heavy atom. The molecule has 1 aliphatic heterocycles. The van der Waals surface area contributed by atoms with Gasteiger partial charge in [-0.05, 0) is 6.37 Å². The summed E-state index contributed by atoms with van der Waals surface area (Å²) in [6.45, 7) is -5.15. The van der Waals surface area contributed by atoms with Gasteiger partial charge >= 0.3 is 7.67 Å². The number of hydrogen-bond acceptors (Lipinski definition) is 2. The molecule has 1 saturated heterocycles. The van der Waals surface area contributed by atoms with Crippen molar-refractivity contribution in [2.75, 3.05) is 37.9 Å². The van der Waals surface area contributed by atoms with Crippen LogP contribution in [0.3, 0.4) is 0 Å². The molecular formula is C7H15Cl2N2O2P. The maximum Gasteiger partial charge on any atom is 0.343 e. The Kier molecular flexibility index (Phi) is 2.41. The summed E-state index contributed by atoms with van der Waals surface area (Å²) in [5.41, 5.74) is 0. The molecule has 1 rings (SSSR count). The lowest BCUT2D eigenvalue weighted by Gasteiger charge is -2.33. The number of alkyl halides is 2. The maximum atomic E-state index is 12.7. The van der Waals surface area contributed by atoms with E-state index in [9.17, 15) is 4.57 Å². The molecule has 0 spiro atoms. The van der Waals surface area contributed by atoms with Crippen molar-refractivity contribution < 1.29 is 20.1 Å². The molecule has 0 aromatic carbocycles. The van der Waals surface area contributed by atoms with Crippen LogP contribution in [-0.2, 0) is 9.09 Å². The molecule has 0 aromatic rings. The quantitative estimate of drug-likeness (QED) is 0.611. The molecule has 0 saturated carbocycles. The topological polar surface area (TPSA) is 41.6 Å². The van der Waals surface area contributed by atoms with Crippen molar-refractivity contribution in [3.63, 3.8) is 0 Å². The third kappa shape index (κ3) is 3.37. The Balaban J connectivity index is 3.11. The molecule has 0 bridgehead atoms. The van der Waals surface area contributed by atoms with E-state index >= 15 is 0 Å². The molecule has 1 heterocycles. The predicted octanol–water partition coefficient (Wildman–Crippen LogP) is 1.88. The second-order valence-corrected chi connectivity index (χ2v) is 4.92. The summed E-state index contributed by atoms with van der Waals surface area (Å²) in [5, 5.41) is 1.87. The predicted molar refractivity (Wildman–Crippen MR) is 59.2 cm³/mol. The number of nitrogens with one attached hydrogen (secondary N) is 1. The van der Waals surface area contributed by atoms with Crippen LogP contribution in [0, 0.1) is 0 Å². The number of hydrogen-bond donors (Lipinski definition) is 1. The first kappa shape index (κ1) is 5.35. The van der Waals surface area contributed by atoms with E-state index < -0.39 is 51.9 Å². The van der Waals surface area contributed by atoms with E-state index in [-0.39, 0.29) is 0 Å². The highest BCUT2D eigenvalue weighted by Crippen LogP contribution is 2.47. The average molecular weight is 269 g/mol. The Bertz CT molecular complexity index is 452. The van der Waals surface area contributed by atoms with E-state index in [4.69, 9.17) is 38.7 Å². The summed E-state index contributed by atoms with van der Waals surface area (Å²) in [7, 11) is -4.30. The molecule has 0 aromatic heterocycles. The van der Waals surface area contributed by atoms with Gasteiger partial charge in [0.2, 0.25) is 0 Å². The summed E-state index contributed by atoms with van der Waals surface area (Å²) in [6, 6.07) is 0. The van der Waals surface area contributed by atoms with Crippen molar-refractivity contribution in [3.05, 3.63) is 0 Å². The van der Waals surface area contributed by atoms with E-state index in [1.807, 2.05) is 5.09 Å². The van der Waals surface area contributed by atoms with Gasteiger partial charge in [0.25, 0.3) is 0 Å². The van der Waals surface area contributed by atoms with Crippen LogP contribution < -0.4 is 5.09 Å². The van der Waals surface area contributed by atoms with Gasteiger partial charge in [-0.2, -0.15) is 0 Å². The van der Waals surface area contributed by atoms with Crippen LogP contribution in [0.15, 0.2) is 0 Å². The lowest BCUT2D eigenvalue weighted by molar-refractivity contribution is 0.233. The molecule has 0 aliphatic carbocycles. The van der Waals surface area contributed by atoms with Gasteiger partial charge in [-0.25, -0.2) is 9.76 Å². The van der Waals surface area contributed by atoms with Crippen LogP contribution in [0.2, 0.25) is 0 Å². The molecule has 1 unspecified atom stereocenters. The highest BCUT2D eigenvalue weighted by Gasteiger charge is 2.32. The molecular weight excluding hydrogens is 246 g/mol. The van der Waals surface area contributed by atoms with Crippen molar-refractivity contribution in [3.8, 4) is 0 Å². The number of rotatable bonds is 5. The van der Waals surface area contributed by atoms with Crippen LogP contribution in [0.25, 0.3) is 0 Å². The first-order valence-electron chi connectivity index (χ1n) is 7.65. The molecule has 84 valence electrons. The average Bonchev–Trinajstić information content (AvgIpc) is 2.19. The van der Waals surface area contributed by atoms with Crippen molar-refractivity contribution in [2.45, 2.75) is 6.37 Å². The highest BCUT2D eigenvalue weighted by atomic mass is 35.5. The van der Waals surface area contributed by atoms with Gasteiger partial charge in [-0.15, -0.1) is 23.2 Å². The molecule has 4 nitrogen and oxygen atoms in total. The number of nitrogens with zero attached hydrogens (tertiary/aromatic N) is 1. The summed E-state index contributed by atoms with van der Waals surface area (Å²) in [5.74, 6) is -4.82. The fourth-order valence-electron chi connectivity index (χ4n) is 0.831. The van der Waals surface area contributed by atoms with Crippen LogP contribution in [0.1, 0.15) is 17.3 Å². The minimum atomic E-state index is -4.30. The molecule has 0 amide bonds. The zero-order chi connectivity index (χ0) is 17.6. The van der Waals surface area contributed by atoms with Crippen molar-refractivity contribution in [2.24, 2.45) is 0 Å². The van der Waals surface area contributed by atoms with Gasteiger partial charge in [0, 0.05) is 42.2 Å². The van der Waals surface area contributed by atoms with E-state index in [2.05, 4.69) is 0 Å². The molecule has 1 atom stereocenters. The normalized spacial score (nSPS) is 45.9. The molecule has 1 fully saturated rings. The van der Waals surface area contributed by atoms with Crippen LogP contribution in [-0.4, -0.2) is 42.5 Å². The maximum absolute atomic E-state index is 12.7. The summed E-state index contributed by atoms with van der Waals surface area (Å²) < 4.78 is 77.6. The van der Waals surface area contributed by atoms with Gasteiger partial charge < -0.3 is 4.52 Å². The van der Waals surface area contributed by atoms with Crippen LogP contribution in [0.5, 0.6) is 0 Å². The summed E-state index contributed by atoms with van der Waals surface area (Å²) >= 11 is 10.8. The summed E-state index contributed by atoms with van der Waals surface area (Å²) in [4.78, 5) is 0. The standard InChI is InChI=1S/C7H15Cl2N2O2P/c8-2-5-11(6-3-9)14(12)10-4-1-7-13-14/h1-7H2,(H,10,12)/i1D2,2D2,3D2,4D2. The minimum absolute atomic E-state index is 0.625. The lowest BCUT2D eigenvalue weighted by Crippen LogP contribution is -2.35. The Hall–Kier alpha value is 0.690. The molecule has 0 radical (unpaired) electrons. The van der Waals surface area contributed by atoms with E-state index in [1.165, 1.54) is 0 Å². The van der Waals surface area contributed by atoms with Gasteiger partial charge in [0.05, 0.1) is 6.61 Å². The molecule has 14 heavy (non-hydrogen) atoms. The fourth-order valence-corrected chi connectivity index (χ4v) is 2.63. The van der Waals surface area contributed by atoms with Gasteiger partial charge in [0.1, 0.15) is 0 Å². The van der Waals surface area contributed by atoms with Crippen LogP contribution in [0.4, 0.5) is 0 Å². The highest BCUT2D eigenvalue weighted by molar-refractivity contribution is 7.54. The van der Waals surface area contributed by atoms with Gasteiger partial charge in [0.15, 0.2) is 0 Å². The molecule has 1 N–H and O–H groups in total. The zero-order valence-electron chi connectivity index (χ0n) is 15.1. The van der Waals surface area contributed by atoms with E-state index in [0.29, 0.717) is 4.67 Å². The smallest absolute Gasteiger partial charge is 0.306 e. The van der Waals surface area contributed by atoms with E-state index in [1.54, 1.807) is 0 Å². The minimum Gasteiger partial charge on any atom is -0.306 e. The first-order valence-corrected chi connectivity index (χ1v) is 5.98. The SMILES string of the molecule is [2H]C([2H])(Cl)CN(CC([2H])([2H])Cl)P1(=O)NC([2H])([2H])C([2H])([2H])CO1. The Morgan fingerprint density at radius 3 is 2.71 bits per heavy atom. The monoisotopic (exact) mass is 268 g/mol. The molecule has 7 heteroatoms. The van der Waals surface area contributed by atoms with E-state index in [0.717, 1.165) is 0 Å². The number of halogens is 2. The second-order valence-electron chi connectivity index (χ2n) is 2.30. The summed E-state index contributed by atoms with van der Waals surface area (Å²) in [6.07, 6.45) is -2.48. The Labute approximate surface area is 106 Å². The van der Waals surface area contributed by atoms with Crippen LogP contribution >= 0.6 is 30.9 Å². The van der Waals surface area contributed by atoms with Gasteiger partial charge in [-0.3, -0.25) is 4.57 Å². The van der Waals surface area contributed by atoms with Crippen molar-refractivity contribution in [1.29, 1.82) is 0 Å². The third-order valence-electron chi connectivity index (χ3n) is 1.45. The third-order valence-corrected chi connectivity index (χ3v) is 3.59. The largest absolute Gasteiger partial charge is 0.343 e. The lowest BCUT2D eigenvalue weighted by atomic mass is 10.5. The molecule has 1 aliphatic rings. The zero-order valence-corrected chi connectivity index (χ0v) is 9.49.